The number of rotatable bonds is 5. The maximum absolute atomic E-state index is 11.9. The minimum atomic E-state index is 0.0833. The van der Waals surface area contributed by atoms with E-state index >= 15 is 0 Å². The van der Waals surface area contributed by atoms with Gasteiger partial charge in [0.25, 0.3) is 0 Å². The molecule has 2 aromatic rings. The number of aromatic nitrogens is 2. The summed E-state index contributed by atoms with van der Waals surface area (Å²) in [5.74, 6) is 0.0833. The zero-order valence-electron chi connectivity index (χ0n) is 12.0. The standard InChI is InChI=1S/C16H19N3OS/c20-15(18-11-12-7-9-17-10-8-12)5-6-16-19-13-3-1-2-4-14(13)21-16/h7-10H,1-6,11H2,(H,18,20). The molecule has 0 aliphatic heterocycles. The number of pyridine rings is 1. The van der Waals surface area contributed by atoms with E-state index in [1.54, 1.807) is 23.7 Å². The second-order valence-corrected chi connectivity index (χ2v) is 6.48. The zero-order chi connectivity index (χ0) is 14.5. The van der Waals surface area contributed by atoms with Crippen molar-refractivity contribution in [1.82, 2.24) is 15.3 Å². The van der Waals surface area contributed by atoms with Crippen LogP contribution in [0.5, 0.6) is 0 Å². The topological polar surface area (TPSA) is 54.9 Å². The van der Waals surface area contributed by atoms with Crippen molar-refractivity contribution in [2.45, 2.75) is 45.1 Å². The minimum absolute atomic E-state index is 0.0833. The van der Waals surface area contributed by atoms with Crippen molar-refractivity contribution in [3.05, 3.63) is 45.7 Å². The van der Waals surface area contributed by atoms with Crippen LogP contribution in [0.25, 0.3) is 0 Å². The molecule has 0 atom stereocenters. The smallest absolute Gasteiger partial charge is 0.220 e. The molecule has 0 unspecified atom stereocenters. The lowest BCUT2D eigenvalue weighted by Crippen LogP contribution is -2.22. The van der Waals surface area contributed by atoms with Crippen LogP contribution >= 0.6 is 11.3 Å². The molecule has 0 radical (unpaired) electrons. The highest BCUT2D eigenvalue weighted by atomic mass is 32.1. The first-order valence-corrected chi connectivity index (χ1v) is 8.26. The van der Waals surface area contributed by atoms with E-state index in [9.17, 15) is 4.79 Å². The van der Waals surface area contributed by atoms with E-state index in [0.717, 1.165) is 23.4 Å². The SMILES string of the molecule is O=C(CCc1nc2c(s1)CCCC2)NCc1ccncc1. The van der Waals surface area contributed by atoms with Crippen molar-refractivity contribution in [3.63, 3.8) is 0 Å². The summed E-state index contributed by atoms with van der Waals surface area (Å²) < 4.78 is 0. The summed E-state index contributed by atoms with van der Waals surface area (Å²) in [5, 5.41) is 4.05. The molecule has 0 aromatic carbocycles. The van der Waals surface area contributed by atoms with Crippen molar-refractivity contribution in [1.29, 1.82) is 0 Å². The van der Waals surface area contributed by atoms with Gasteiger partial charge in [-0.2, -0.15) is 0 Å². The fourth-order valence-corrected chi connectivity index (χ4v) is 3.68. The summed E-state index contributed by atoms with van der Waals surface area (Å²) in [5.41, 5.74) is 2.35. The first kappa shape index (κ1) is 14.2. The Kier molecular flexibility index (Phi) is 4.60. The van der Waals surface area contributed by atoms with E-state index < -0.39 is 0 Å². The normalized spacial score (nSPS) is 13.7. The van der Waals surface area contributed by atoms with Gasteiger partial charge in [0.15, 0.2) is 0 Å². The average molecular weight is 301 g/mol. The molecule has 4 nitrogen and oxygen atoms in total. The van der Waals surface area contributed by atoms with Gasteiger partial charge >= 0.3 is 0 Å². The molecule has 5 heteroatoms. The van der Waals surface area contributed by atoms with Gasteiger partial charge in [0.05, 0.1) is 10.7 Å². The van der Waals surface area contributed by atoms with Crippen molar-refractivity contribution >= 4 is 17.2 Å². The number of fused-ring (bicyclic) bond motifs is 1. The molecule has 3 rings (SSSR count). The number of carbonyl (C=O) groups excluding carboxylic acids is 1. The van der Waals surface area contributed by atoms with Gasteiger partial charge in [0.1, 0.15) is 0 Å². The van der Waals surface area contributed by atoms with Crippen LogP contribution in [0.4, 0.5) is 0 Å². The molecule has 21 heavy (non-hydrogen) atoms. The van der Waals surface area contributed by atoms with Gasteiger partial charge in [0.2, 0.25) is 5.91 Å². The summed E-state index contributed by atoms with van der Waals surface area (Å²) in [4.78, 5) is 22.0. The quantitative estimate of drug-likeness (QED) is 0.923. The maximum atomic E-state index is 11.9. The molecule has 0 spiro atoms. The van der Waals surface area contributed by atoms with Crippen LogP contribution < -0.4 is 5.32 Å². The molecule has 2 heterocycles. The van der Waals surface area contributed by atoms with Crippen LogP contribution in [0.3, 0.4) is 0 Å². The predicted molar refractivity (Wildman–Crippen MR) is 83.2 cm³/mol. The number of amides is 1. The van der Waals surface area contributed by atoms with E-state index in [4.69, 9.17) is 0 Å². The van der Waals surface area contributed by atoms with Gasteiger partial charge in [0, 0.05) is 36.7 Å². The molecule has 0 saturated carbocycles. The van der Waals surface area contributed by atoms with Crippen LogP contribution in [0, 0.1) is 0 Å². The third-order valence-electron chi connectivity index (χ3n) is 3.69. The first-order valence-electron chi connectivity index (χ1n) is 7.44. The molecular weight excluding hydrogens is 282 g/mol. The largest absolute Gasteiger partial charge is 0.352 e. The van der Waals surface area contributed by atoms with Crippen LogP contribution in [0.1, 0.15) is 40.4 Å². The minimum Gasteiger partial charge on any atom is -0.352 e. The highest BCUT2D eigenvalue weighted by Crippen LogP contribution is 2.27. The van der Waals surface area contributed by atoms with Gasteiger partial charge in [-0.3, -0.25) is 9.78 Å². The number of aryl methyl sites for hydroxylation is 3. The Labute approximate surface area is 128 Å². The Morgan fingerprint density at radius 1 is 1.24 bits per heavy atom. The molecule has 1 N–H and O–H groups in total. The van der Waals surface area contributed by atoms with Gasteiger partial charge in [-0.15, -0.1) is 11.3 Å². The summed E-state index contributed by atoms with van der Waals surface area (Å²) in [6.07, 6.45) is 9.55. The Hall–Kier alpha value is -1.75. The van der Waals surface area contributed by atoms with Crippen LogP contribution in [0.15, 0.2) is 24.5 Å². The van der Waals surface area contributed by atoms with Gasteiger partial charge < -0.3 is 5.32 Å². The third kappa shape index (κ3) is 3.88. The number of nitrogens with zero attached hydrogens (tertiary/aromatic N) is 2. The number of hydrogen-bond acceptors (Lipinski definition) is 4. The van der Waals surface area contributed by atoms with Crippen molar-refractivity contribution in [3.8, 4) is 0 Å². The third-order valence-corrected chi connectivity index (χ3v) is 4.91. The first-order chi connectivity index (χ1) is 10.3. The highest BCUT2D eigenvalue weighted by molar-refractivity contribution is 7.11. The monoisotopic (exact) mass is 301 g/mol. The second kappa shape index (κ2) is 6.80. The summed E-state index contributed by atoms with van der Waals surface area (Å²) in [6, 6.07) is 3.82. The number of carbonyl (C=O) groups is 1. The summed E-state index contributed by atoms with van der Waals surface area (Å²) in [7, 11) is 0. The second-order valence-electron chi connectivity index (χ2n) is 5.32. The number of nitrogens with one attached hydrogen (secondary N) is 1. The van der Waals surface area contributed by atoms with Crippen molar-refractivity contribution in [2.75, 3.05) is 0 Å². The lowest BCUT2D eigenvalue weighted by atomic mass is 10.0. The lowest BCUT2D eigenvalue weighted by molar-refractivity contribution is -0.121. The maximum Gasteiger partial charge on any atom is 0.220 e. The van der Waals surface area contributed by atoms with Gasteiger partial charge in [-0.05, 0) is 43.4 Å². The Balaban J connectivity index is 1.46. The van der Waals surface area contributed by atoms with E-state index in [1.165, 1.54) is 29.8 Å². The molecule has 1 amide bonds. The molecule has 1 aliphatic rings. The average Bonchev–Trinajstić information content (AvgIpc) is 2.95. The number of thiazole rings is 1. The summed E-state index contributed by atoms with van der Waals surface area (Å²) in [6.45, 7) is 0.565. The Morgan fingerprint density at radius 3 is 2.86 bits per heavy atom. The van der Waals surface area contributed by atoms with Crippen LogP contribution in [0.2, 0.25) is 0 Å². The predicted octanol–water partition coefficient (Wildman–Crippen LogP) is 2.67. The molecule has 0 bridgehead atoms. The molecule has 1 aliphatic carbocycles. The lowest BCUT2D eigenvalue weighted by Gasteiger charge is -2.06. The van der Waals surface area contributed by atoms with Crippen molar-refractivity contribution in [2.24, 2.45) is 0 Å². The van der Waals surface area contributed by atoms with Gasteiger partial charge in [-0.25, -0.2) is 4.98 Å². The van der Waals surface area contributed by atoms with Gasteiger partial charge in [-0.1, -0.05) is 0 Å². The van der Waals surface area contributed by atoms with Crippen LogP contribution in [-0.2, 0) is 30.6 Å². The van der Waals surface area contributed by atoms with Crippen LogP contribution in [-0.4, -0.2) is 15.9 Å². The Bertz CT molecular complexity index is 586. The molecule has 0 fully saturated rings. The van der Waals surface area contributed by atoms with Crippen molar-refractivity contribution < 1.29 is 4.79 Å². The Morgan fingerprint density at radius 2 is 2.05 bits per heavy atom. The molecule has 2 aromatic heterocycles. The highest BCUT2D eigenvalue weighted by Gasteiger charge is 2.15. The van der Waals surface area contributed by atoms with E-state index in [1.807, 2.05) is 12.1 Å². The zero-order valence-corrected chi connectivity index (χ0v) is 12.8. The number of hydrogen-bond donors (Lipinski definition) is 1. The van der Waals surface area contributed by atoms with E-state index in [0.29, 0.717) is 13.0 Å². The summed E-state index contributed by atoms with van der Waals surface area (Å²) >= 11 is 1.79. The fraction of sp³-hybridized carbons (Fsp3) is 0.438. The molecule has 0 saturated heterocycles. The molecule has 110 valence electrons. The van der Waals surface area contributed by atoms with E-state index in [-0.39, 0.29) is 5.91 Å². The fourth-order valence-electron chi connectivity index (χ4n) is 2.52. The van der Waals surface area contributed by atoms with E-state index in [2.05, 4.69) is 15.3 Å². The molecular formula is C16H19N3OS.